The fourth-order valence-corrected chi connectivity index (χ4v) is 1.91. The minimum Gasteiger partial charge on any atom is -0.489 e. The van der Waals surface area contributed by atoms with Gasteiger partial charge in [0.05, 0.1) is 6.61 Å². The molecule has 2 aromatic rings. The fraction of sp³-hybridized carbons (Fsp3) is 0.294. The lowest BCUT2D eigenvalue weighted by atomic mass is 10.1. The molecule has 0 radical (unpaired) electrons. The normalized spacial score (nSPS) is 10.5. The van der Waals surface area contributed by atoms with Crippen molar-refractivity contribution in [3.8, 4) is 5.75 Å². The quantitative estimate of drug-likeness (QED) is 0.842. The van der Waals surface area contributed by atoms with Gasteiger partial charge in [0.2, 0.25) is 0 Å². The van der Waals surface area contributed by atoms with Gasteiger partial charge in [0.15, 0.2) is 0 Å². The second kappa shape index (κ2) is 7.68. The summed E-state index contributed by atoms with van der Waals surface area (Å²) in [6.45, 7) is 1.89. The van der Waals surface area contributed by atoms with Crippen molar-refractivity contribution in [1.29, 1.82) is 0 Å². The summed E-state index contributed by atoms with van der Waals surface area (Å²) in [7, 11) is 1.72. The van der Waals surface area contributed by atoms with Crippen molar-refractivity contribution in [2.45, 2.75) is 19.6 Å². The van der Waals surface area contributed by atoms with E-state index < -0.39 is 0 Å². The Bertz CT molecular complexity index is 506. The van der Waals surface area contributed by atoms with Crippen LogP contribution in [0.1, 0.15) is 16.7 Å². The molecule has 0 saturated carbocycles. The summed E-state index contributed by atoms with van der Waals surface area (Å²) < 4.78 is 10.8. The summed E-state index contributed by atoms with van der Waals surface area (Å²) in [4.78, 5) is 0. The van der Waals surface area contributed by atoms with Crippen LogP contribution in [0.2, 0.25) is 0 Å². The van der Waals surface area contributed by atoms with Crippen LogP contribution >= 0.6 is 0 Å². The average molecular weight is 271 g/mol. The minimum atomic E-state index is 0.572. The number of benzene rings is 2. The van der Waals surface area contributed by atoms with Crippen molar-refractivity contribution in [2.75, 3.05) is 13.7 Å². The largest absolute Gasteiger partial charge is 0.489 e. The lowest BCUT2D eigenvalue weighted by Gasteiger charge is -2.08. The molecule has 0 aromatic heterocycles. The van der Waals surface area contributed by atoms with Gasteiger partial charge in [0.1, 0.15) is 12.4 Å². The second-order valence-corrected chi connectivity index (χ2v) is 4.70. The summed E-state index contributed by atoms with van der Waals surface area (Å²) in [5.41, 5.74) is 9.11. The van der Waals surface area contributed by atoms with Crippen LogP contribution in [0.15, 0.2) is 48.5 Å². The molecule has 2 rings (SSSR count). The highest BCUT2D eigenvalue weighted by molar-refractivity contribution is 5.28. The zero-order valence-electron chi connectivity index (χ0n) is 11.8. The van der Waals surface area contributed by atoms with E-state index in [-0.39, 0.29) is 0 Å². The molecule has 3 heteroatoms. The lowest BCUT2D eigenvalue weighted by Crippen LogP contribution is -1.99. The molecule has 0 aliphatic rings. The number of hydrogen-bond donors (Lipinski definition) is 1. The van der Waals surface area contributed by atoms with E-state index in [0.29, 0.717) is 13.2 Å². The van der Waals surface area contributed by atoms with Crippen molar-refractivity contribution in [3.63, 3.8) is 0 Å². The van der Waals surface area contributed by atoms with Gasteiger partial charge in [0.25, 0.3) is 0 Å². The van der Waals surface area contributed by atoms with Gasteiger partial charge in [-0.15, -0.1) is 0 Å². The first-order valence-electron chi connectivity index (χ1n) is 6.80. The molecule has 0 atom stereocenters. The Kier molecular flexibility index (Phi) is 5.59. The van der Waals surface area contributed by atoms with Crippen molar-refractivity contribution >= 4 is 0 Å². The first-order valence-corrected chi connectivity index (χ1v) is 6.80. The van der Waals surface area contributed by atoms with Gasteiger partial charge in [-0.1, -0.05) is 36.4 Å². The average Bonchev–Trinajstić information content (AvgIpc) is 2.52. The topological polar surface area (TPSA) is 44.5 Å². The lowest BCUT2D eigenvalue weighted by molar-refractivity contribution is 0.202. The number of hydrogen-bond acceptors (Lipinski definition) is 3. The first kappa shape index (κ1) is 14.6. The van der Waals surface area contributed by atoms with Crippen LogP contribution < -0.4 is 10.5 Å². The number of methoxy groups -OCH3 is 1. The summed E-state index contributed by atoms with van der Waals surface area (Å²) in [6.07, 6.45) is 0.928. The van der Waals surface area contributed by atoms with E-state index in [2.05, 4.69) is 24.3 Å². The maximum absolute atomic E-state index is 5.76. The van der Waals surface area contributed by atoms with Crippen LogP contribution in [0.5, 0.6) is 5.75 Å². The van der Waals surface area contributed by atoms with Crippen LogP contribution in [0.25, 0.3) is 0 Å². The van der Waals surface area contributed by atoms with E-state index in [1.807, 2.05) is 24.3 Å². The summed E-state index contributed by atoms with van der Waals surface area (Å²) >= 11 is 0. The van der Waals surface area contributed by atoms with Crippen LogP contribution in [-0.4, -0.2) is 13.7 Å². The Morgan fingerprint density at radius 2 is 1.45 bits per heavy atom. The molecule has 0 fully saturated rings. The Labute approximate surface area is 120 Å². The van der Waals surface area contributed by atoms with Crippen molar-refractivity contribution in [3.05, 3.63) is 65.2 Å². The van der Waals surface area contributed by atoms with Gasteiger partial charge in [-0.2, -0.15) is 0 Å². The third kappa shape index (κ3) is 4.37. The molecule has 0 aliphatic heterocycles. The van der Waals surface area contributed by atoms with Crippen LogP contribution in [0.4, 0.5) is 0 Å². The molecule has 0 spiro atoms. The third-order valence-electron chi connectivity index (χ3n) is 3.18. The zero-order chi connectivity index (χ0) is 14.2. The number of ether oxygens (including phenoxy) is 2. The summed E-state index contributed by atoms with van der Waals surface area (Å²) in [5, 5.41) is 0. The van der Waals surface area contributed by atoms with Gasteiger partial charge >= 0.3 is 0 Å². The summed E-state index contributed by atoms with van der Waals surface area (Å²) in [5.74, 6) is 0.883. The number of nitrogens with two attached hydrogens (primary N) is 1. The Hall–Kier alpha value is -1.84. The van der Waals surface area contributed by atoms with Crippen LogP contribution in [-0.2, 0) is 24.3 Å². The van der Waals surface area contributed by atoms with Crippen molar-refractivity contribution in [1.82, 2.24) is 0 Å². The second-order valence-electron chi connectivity index (χ2n) is 4.70. The van der Waals surface area contributed by atoms with Gasteiger partial charge in [0, 0.05) is 13.7 Å². The molecule has 0 saturated heterocycles. The molecule has 2 N–H and O–H groups in total. The van der Waals surface area contributed by atoms with E-state index in [4.69, 9.17) is 15.2 Å². The van der Waals surface area contributed by atoms with E-state index in [1.165, 1.54) is 5.56 Å². The Balaban J connectivity index is 1.86. The molecule has 0 unspecified atom stereocenters. The molecular formula is C17H21NO2. The monoisotopic (exact) mass is 271 g/mol. The molecule has 3 nitrogen and oxygen atoms in total. The molecule has 20 heavy (non-hydrogen) atoms. The predicted octanol–water partition coefficient (Wildman–Crippen LogP) is 2.91. The van der Waals surface area contributed by atoms with E-state index in [0.717, 1.165) is 29.9 Å². The van der Waals surface area contributed by atoms with E-state index in [1.54, 1.807) is 7.11 Å². The minimum absolute atomic E-state index is 0.572. The van der Waals surface area contributed by atoms with Gasteiger partial charge in [-0.05, 0) is 35.2 Å². The van der Waals surface area contributed by atoms with E-state index >= 15 is 0 Å². The smallest absolute Gasteiger partial charge is 0.119 e. The van der Waals surface area contributed by atoms with Gasteiger partial charge in [-0.25, -0.2) is 0 Å². The highest BCUT2D eigenvalue weighted by Gasteiger charge is 1.98. The van der Waals surface area contributed by atoms with Crippen molar-refractivity contribution < 1.29 is 9.47 Å². The van der Waals surface area contributed by atoms with Gasteiger partial charge in [-0.3, -0.25) is 0 Å². The standard InChI is InChI=1S/C17H21NO2/c1-19-11-10-14-6-8-17(9-7-14)20-13-16-4-2-15(12-18)3-5-16/h2-9H,10-13,18H2,1H3. The molecule has 0 aliphatic carbocycles. The highest BCUT2D eigenvalue weighted by Crippen LogP contribution is 2.15. The maximum Gasteiger partial charge on any atom is 0.119 e. The van der Waals surface area contributed by atoms with Crippen LogP contribution in [0, 0.1) is 0 Å². The molecule has 0 heterocycles. The maximum atomic E-state index is 5.76. The molecular weight excluding hydrogens is 250 g/mol. The number of rotatable bonds is 7. The Morgan fingerprint density at radius 3 is 2.05 bits per heavy atom. The summed E-state index contributed by atoms with van der Waals surface area (Å²) in [6, 6.07) is 16.3. The van der Waals surface area contributed by atoms with Crippen LogP contribution in [0.3, 0.4) is 0 Å². The zero-order valence-corrected chi connectivity index (χ0v) is 11.8. The molecule has 2 aromatic carbocycles. The fourth-order valence-electron chi connectivity index (χ4n) is 1.91. The van der Waals surface area contributed by atoms with Crippen molar-refractivity contribution in [2.24, 2.45) is 5.73 Å². The highest BCUT2D eigenvalue weighted by atomic mass is 16.5. The van der Waals surface area contributed by atoms with E-state index in [9.17, 15) is 0 Å². The predicted molar refractivity (Wildman–Crippen MR) is 80.7 cm³/mol. The molecule has 0 amide bonds. The molecule has 106 valence electrons. The molecule has 0 bridgehead atoms. The SMILES string of the molecule is COCCc1ccc(OCc2ccc(CN)cc2)cc1. The van der Waals surface area contributed by atoms with Gasteiger partial charge < -0.3 is 15.2 Å². The first-order chi connectivity index (χ1) is 9.81. The third-order valence-corrected chi connectivity index (χ3v) is 3.18. The Morgan fingerprint density at radius 1 is 0.850 bits per heavy atom.